The zero-order chi connectivity index (χ0) is 23.6. The fourth-order valence-corrected chi connectivity index (χ4v) is 2.11. The average Bonchev–Trinajstić information content (AvgIpc) is 2.76. The zero-order valence-corrected chi connectivity index (χ0v) is 18.5. The van der Waals surface area contributed by atoms with Gasteiger partial charge in [0.05, 0.1) is 13.2 Å². The normalized spacial score (nSPS) is 9.94. The van der Waals surface area contributed by atoms with Gasteiger partial charge in [0.1, 0.15) is 0 Å². The lowest BCUT2D eigenvalue weighted by molar-refractivity contribution is -0.128. The Kier molecular flexibility index (Phi) is 15.2. The number of nitrogens with two attached hydrogens (primary N) is 1. The first-order valence-corrected chi connectivity index (χ1v) is 10.4. The van der Waals surface area contributed by atoms with Crippen molar-refractivity contribution in [2.24, 2.45) is 5.84 Å². The summed E-state index contributed by atoms with van der Waals surface area (Å²) in [5.41, 5.74) is 5.28. The lowest BCUT2D eigenvalue weighted by atomic mass is 10.2. The van der Waals surface area contributed by atoms with Gasteiger partial charge in [-0.05, 0) is 25.7 Å². The van der Waals surface area contributed by atoms with Gasteiger partial charge >= 0.3 is 0 Å². The molecule has 0 aliphatic carbocycles. The third-order valence-corrected chi connectivity index (χ3v) is 3.91. The number of hydrogen-bond donors (Lipinski definition) is 4. The van der Waals surface area contributed by atoms with Crippen LogP contribution in [0.5, 0.6) is 11.5 Å². The number of hydrogen-bond acceptors (Lipinski definition) is 8. The molecule has 0 bridgehead atoms. The predicted octanol–water partition coefficient (Wildman–Crippen LogP) is 0.344. The van der Waals surface area contributed by atoms with E-state index < -0.39 is 10.9 Å². The highest BCUT2D eigenvalue weighted by Gasteiger charge is 2.23. The highest BCUT2D eigenvalue weighted by Crippen LogP contribution is 2.20. The lowest BCUT2D eigenvalue weighted by Crippen LogP contribution is -2.40. The molecule has 0 heterocycles. The van der Waals surface area contributed by atoms with Gasteiger partial charge in [-0.15, -0.1) is 0 Å². The molecule has 1 aromatic rings. The Morgan fingerprint density at radius 1 is 0.774 bits per heavy atom. The van der Waals surface area contributed by atoms with Crippen molar-refractivity contribution in [2.45, 2.75) is 72.1 Å². The van der Waals surface area contributed by atoms with E-state index in [4.69, 9.17) is 15.3 Å². The lowest BCUT2D eigenvalue weighted by Gasteiger charge is -2.12. The van der Waals surface area contributed by atoms with Crippen LogP contribution in [0, 0.1) is 0 Å². The number of carbonyl (C=O) groups is 3. The molecule has 0 aromatic heterocycles. The van der Waals surface area contributed by atoms with Crippen molar-refractivity contribution in [3.05, 3.63) is 20.4 Å². The maximum Gasteiger partial charge on any atom is 0.275 e. The molecule has 0 aliphatic rings. The Hall–Kier alpha value is -2.95. The maximum absolute atomic E-state index is 11.2. The first-order chi connectivity index (χ1) is 14.8. The van der Waals surface area contributed by atoms with Gasteiger partial charge in [0, 0.05) is 19.8 Å². The van der Waals surface area contributed by atoms with Gasteiger partial charge in [-0.3, -0.25) is 40.3 Å². The quantitative estimate of drug-likeness (QED) is 0.112. The van der Waals surface area contributed by atoms with Crippen LogP contribution in [-0.4, -0.2) is 30.9 Å². The SMILES string of the molecule is CC(=O)NNC(=O)CCCCC(=O)NN.CCCCOc1c(OCCCC)c(=O)c1=O. The van der Waals surface area contributed by atoms with Crippen LogP contribution in [0.3, 0.4) is 0 Å². The van der Waals surface area contributed by atoms with E-state index in [1.165, 1.54) is 6.92 Å². The molecule has 0 atom stereocenters. The molecule has 11 heteroatoms. The van der Waals surface area contributed by atoms with E-state index in [-0.39, 0.29) is 35.6 Å². The molecule has 5 N–H and O–H groups in total. The monoisotopic (exact) mass is 442 g/mol. The minimum atomic E-state index is -0.553. The van der Waals surface area contributed by atoms with Gasteiger partial charge in [-0.1, -0.05) is 26.7 Å². The van der Waals surface area contributed by atoms with Crippen molar-refractivity contribution in [2.75, 3.05) is 13.2 Å². The third kappa shape index (κ3) is 12.4. The molecule has 11 nitrogen and oxygen atoms in total. The van der Waals surface area contributed by atoms with Crippen LogP contribution in [0.4, 0.5) is 0 Å². The summed E-state index contributed by atoms with van der Waals surface area (Å²) in [4.78, 5) is 54.5. The molecule has 1 aromatic carbocycles. The molecule has 0 saturated carbocycles. The van der Waals surface area contributed by atoms with Gasteiger partial charge < -0.3 is 9.47 Å². The smallest absolute Gasteiger partial charge is 0.275 e. The van der Waals surface area contributed by atoms with E-state index in [0.29, 0.717) is 32.5 Å². The van der Waals surface area contributed by atoms with Crippen molar-refractivity contribution >= 4 is 17.7 Å². The topological polar surface area (TPSA) is 166 Å². The number of hydrazine groups is 2. The predicted molar refractivity (Wildman–Crippen MR) is 115 cm³/mol. The Morgan fingerprint density at radius 3 is 1.61 bits per heavy atom. The molecule has 0 aliphatic heterocycles. The first kappa shape index (κ1) is 28.1. The molecule has 0 fully saturated rings. The van der Waals surface area contributed by atoms with Crippen LogP contribution in [0.1, 0.15) is 72.1 Å². The second-order valence-electron chi connectivity index (χ2n) is 6.72. The number of rotatable bonds is 13. The van der Waals surface area contributed by atoms with Crippen LogP contribution in [0.25, 0.3) is 0 Å². The van der Waals surface area contributed by atoms with Crippen LogP contribution >= 0.6 is 0 Å². The number of nitrogens with one attached hydrogen (secondary N) is 3. The number of ether oxygens (including phenoxy) is 2. The van der Waals surface area contributed by atoms with Gasteiger partial charge in [0.15, 0.2) is 0 Å². The molecule has 0 unspecified atom stereocenters. The zero-order valence-electron chi connectivity index (χ0n) is 18.5. The van der Waals surface area contributed by atoms with Crippen molar-refractivity contribution in [3.8, 4) is 11.5 Å². The molecule has 0 spiro atoms. The summed E-state index contributed by atoms with van der Waals surface area (Å²) in [5.74, 6) is 4.25. The third-order valence-electron chi connectivity index (χ3n) is 3.91. The van der Waals surface area contributed by atoms with Crippen molar-refractivity contribution < 1.29 is 23.9 Å². The molecule has 0 saturated heterocycles. The molecule has 0 radical (unpaired) electrons. The summed E-state index contributed by atoms with van der Waals surface area (Å²) in [6.07, 6.45) is 5.42. The Labute approximate surface area is 181 Å². The van der Waals surface area contributed by atoms with Crippen molar-refractivity contribution in [3.63, 3.8) is 0 Å². The number of amides is 3. The molecular formula is C20H34N4O7. The highest BCUT2D eigenvalue weighted by atomic mass is 16.5. The molecule has 1 rings (SSSR count). The van der Waals surface area contributed by atoms with Gasteiger partial charge in [-0.25, -0.2) is 5.84 Å². The summed E-state index contributed by atoms with van der Waals surface area (Å²) >= 11 is 0. The van der Waals surface area contributed by atoms with Gasteiger partial charge in [-0.2, -0.15) is 0 Å². The summed E-state index contributed by atoms with van der Waals surface area (Å²) < 4.78 is 10.5. The molecule has 31 heavy (non-hydrogen) atoms. The number of unbranched alkanes of at least 4 members (excludes halogenated alkanes) is 3. The Bertz CT molecular complexity index is 719. The summed E-state index contributed by atoms with van der Waals surface area (Å²) in [6, 6.07) is 0. The minimum Gasteiger partial charge on any atom is -0.486 e. The van der Waals surface area contributed by atoms with E-state index in [0.717, 1.165) is 25.7 Å². The van der Waals surface area contributed by atoms with E-state index >= 15 is 0 Å². The van der Waals surface area contributed by atoms with Gasteiger partial charge in [0.25, 0.3) is 10.9 Å². The first-order valence-electron chi connectivity index (χ1n) is 10.4. The standard InChI is InChI=1S/C12H18O4.C8H16N4O3/c1-3-5-7-15-11-9(13)10(14)12(11)16-8-6-4-2;1-6(13)11-12-8(15)5-3-2-4-7(14)10-9/h3-8H2,1-2H3;2-5,9H2,1H3,(H,10,14)(H,11,13)(H,12,15). The molecule has 3 amide bonds. The summed E-state index contributed by atoms with van der Waals surface area (Å²) in [6.45, 7) is 6.29. The van der Waals surface area contributed by atoms with E-state index in [1.54, 1.807) is 0 Å². The minimum absolute atomic E-state index is 0.120. The molecular weight excluding hydrogens is 408 g/mol. The fraction of sp³-hybridized carbons (Fsp3) is 0.650. The summed E-state index contributed by atoms with van der Waals surface area (Å²) in [7, 11) is 0. The highest BCUT2D eigenvalue weighted by molar-refractivity contribution is 5.80. The fourth-order valence-electron chi connectivity index (χ4n) is 2.11. The average molecular weight is 443 g/mol. The second-order valence-corrected chi connectivity index (χ2v) is 6.72. The number of carbonyl (C=O) groups excluding carboxylic acids is 3. The van der Waals surface area contributed by atoms with E-state index in [9.17, 15) is 24.0 Å². The van der Waals surface area contributed by atoms with Crippen LogP contribution in [0.2, 0.25) is 0 Å². The van der Waals surface area contributed by atoms with Crippen molar-refractivity contribution in [1.82, 2.24) is 16.3 Å². The van der Waals surface area contributed by atoms with Crippen LogP contribution in [-0.2, 0) is 14.4 Å². The van der Waals surface area contributed by atoms with Crippen molar-refractivity contribution in [1.29, 1.82) is 0 Å². The summed E-state index contributed by atoms with van der Waals surface area (Å²) in [5, 5.41) is 0. The van der Waals surface area contributed by atoms with Crippen LogP contribution < -0.4 is 42.5 Å². The Morgan fingerprint density at radius 2 is 1.23 bits per heavy atom. The maximum atomic E-state index is 11.2. The van der Waals surface area contributed by atoms with Gasteiger partial charge in [0.2, 0.25) is 29.2 Å². The van der Waals surface area contributed by atoms with E-state index in [2.05, 4.69) is 10.9 Å². The molecule has 176 valence electrons. The van der Waals surface area contributed by atoms with Crippen LogP contribution in [0.15, 0.2) is 9.59 Å². The van der Waals surface area contributed by atoms with E-state index in [1.807, 2.05) is 19.3 Å². The Balaban J connectivity index is 0.000000582. The second kappa shape index (κ2) is 16.8. The largest absolute Gasteiger partial charge is 0.486 e.